The largest absolute Gasteiger partial charge is 0.478 e. The highest BCUT2D eigenvalue weighted by Gasteiger charge is 2.33. The zero-order valence-corrected chi connectivity index (χ0v) is 20.9. The van der Waals surface area contributed by atoms with Gasteiger partial charge in [0.25, 0.3) is 0 Å². The fourth-order valence-electron chi connectivity index (χ4n) is 3.01. The number of aliphatic carboxylic acids is 1. The number of nitrogens with zero attached hydrogens (tertiary/aromatic N) is 2. The van der Waals surface area contributed by atoms with Crippen molar-refractivity contribution in [3.63, 3.8) is 0 Å². The summed E-state index contributed by atoms with van der Waals surface area (Å²) >= 11 is 0.849. The van der Waals surface area contributed by atoms with Crippen molar-refractivity contribution in [1.82, 2.24) is 4.90 Å². The topological polar surface area (TPSA) is 62.1 Å². The van der Waals surface area contributed by atoms with E-state index in [1.54, 1.807) is 29.2 Å². The maximum absolute atomic E-state index is 12.9. The third-order valence-electron chi connectivity index (χ3n) is 5.13. The second-order valence-corrected chi connectivity index (χ2v) is 9.34. The van der Waals surface area contributed by atoms with Crippen LogP contribution in [0.15, 0.2) is 64.6 Å². The molecule has 2 aromatic carbocycles. The van der Waals surface area contributed by atoms with Crippen molar-refractivity contribution in [2.45, 2.75) is 44.8 Å². The molecular formula is C25H26F6N2O3S. The number of carbonyl (C=O) groups is 1. The maximum Gasteiger partial charge on any atom is 0.433 e. The predicted molar refractivity (Wildman–Crippen MR) is 130 cm³/mol. The number of carboxylic acid groups (broad SMARTS) is 1. The minimum Gasteiger partial charge on any atom is -0.478 e. The van der Waals surface area contributed by atoms with Gasteiger partial charge in [-0.15, -0.1) is 11.8 Å². The average molecular weight is 549 g/mol. The van der Waals surface area contributed by atoms with Crippen molar-refractivity contribution in [2.75, 3.05) is 12.4 Å². The van der Waals surface area contributed by atoms with Crippen LogP contribution < -0.4 is 4.74 Å². The number of carboxylic acids is 1. The molecule has 0 atom stereocenters. The molecule has 0 bridgehead atoms. The van der Waals surface area contributed by atoms with Crippen molar-refractivity contribution >= 4 is 24.4 Å². The van der Waals surface area contributed by atoms with Gasteiger partial charge in [-0.3, -0.25) is 9.89 Å². The number of hydrogen-bond acceptors (Lipinski definition) is 5. The van der Waals surface area contributed by atoms with Crippen LogP contribution >= 0.6 is 11.8 Å². The molecule has 2 rings (SSSR count). The molecule has 0 unspecified atom stereocenters. The normalized spacial score (nSPS) is 13.1. The van der Waals surface area contributed by atoms with Crippen LogP contribution in [-0.4, -0.2) is 46.9 Å². The van der Waals surface area contributed by atoms with Gasteiger partial charge in [-0.05, 0) is 62.4 Å². The Morgan fingerprint density at radius 2 is 1.59 bits per heavy atom. The molecule has 12 heteroatoms. The number of benzene rings is 2. The van der Waals surface area contributed by atoms with E-state index in [1.165, 1.54) is 26.0 Å². The number of ether oxygens (including phenoxy) is 1. The van der Waals surface area contributed by atoms with Crippen molar-refractivity contribution in [1.29, 1.82) is 0 Å². The summed E-state index contributed by atoms with van der Waals surface area (Å²) in [6, 6.07) is 11.3. The van der Waals surface area contributed by atoms with Crippen LogP contribution in [0.3, 0.4) is 0 Å². The second kappa shape index (κ2) is 12.5. The Morgan fingerprint density at radius 1 is 1.03 bits per heavy atom. The van der Waals surface area contributed by atoms with E-state index in [0.29, 0.717) is 24.3 Å². The molecule has 0 fully saturated rings. The van der Waals surface area contributed by atoms with Gasteiger partial charge in [0.15, 0.2) is 5.60 Å². The van der Waals surface area contributed by atoms with E-state index in [0.717, 1.165) is 34.9 Å². The zero-order valence-electron chi connectivity index (χ0n) is 20.1. The summed E-state index contributed by atoms with van der Waals surface area (Å²) in [4.78, 5) is 16.0. The average Bonchev–Trinajstić information content (AvgIpc) is 2.79. The zero-order chi connectivity index (χ0) is 27.9. The summed E-state index contributed by atoms with van der Waals surface area (Å²) in [6.07, 6.45) is -8.65. The summed E-state index contributed by atoms with van der Waals surface area (Å²) in [6.45, 7) is 6.36. The summed E-state index contributed by atoms with van der Waals surface area (Å²) < 4.78 is 82.8. The third-order valence-corrected chi connectivity index (χ3v) is 6.03. The van der Waals surface area contributed by atoms with Gasteiger partial charge in [-0.1, -0.05) is 24.3 Å². The highest BCUT2D eigenvalue weighted by molar-refractivity contribution is 8.02. The number of hydrogen-bond donors (Lipinski definition) is 1. The quantitative estimate of drug-likeness (QED) is 0.180. The molecule has 2 aromatic rings. The molecule has 202 valence electrons. The van der Waals surface area contributed by atoms with Crippen LogP contribution in [0.2, 0.25) is 0 Å². The summed E-state index contributed by atoms with van der Waals surface area (Å²) in [5.74, 6) is -0.651. The maximum atomic E-state index is 12.9. The highest BCUT2D eigenvalue weighted by atomic mass is 32.2. The third kappa shape index (κ3) is 9.77. The van der Waals surface area contributed by atoms with Gasteiger partial charge in [0, 0.05) is 24.4 Å². The fourth-order valence-corrected chi connectivity index (χ4v) is 3.88. The molecular weight excluding hydrogens is 522 g/mol. The highest BCUT2D eigenvalue weighted by Crippen LogP contribution is 2.30. The van der Waals surface area contributed by atoms with Gasteiger partial charge in [0.05, 0.1) is 5.56 Å². The molecule has 1 N–H and O–H groups in total. The molecule has 0 amide bonds. The van der Waals surface area contributed by atoms with Gasteiger partial charge in [-0.2, -0.15) is 26.3 Å². The van der Waals surface area contributed by atoms with E-state index < -0.39 is 35.2 Å². The van der Waals surface area contributed by atoms with Gasteiger partial charge in [0.1, 0.15) is 11.4 Å². The van der Waals surface area contributed by atoms with Gasteiger partial charge >= 0.3 is 18.3 Å². The SMILES string of the molecule is C=N/C(=C\SCN(CCc1ccc(OC(C)(C)C(=O)O)cc1)Cc1ccc(C(F)(F)F)cc1)C(F)(F)F. The van der Waals surface area contributed by atoms with E-state index in [2.05, 4.69) is 11.7 Å². The number of rotatable bonds is 12. The Bertz CT molecular complexity index is 1080. The van der Waals surface area contributed by atoms with Crippen molar-refractivity contribution in [2.24, 2.45) is 4.99 Å². The number of halogens is 6. The molecule has 37 heavy (non-hydrogen) atoms. The Balaban J connectivity index is 2.11. The van der Waals surface area contributed by atoms with Gasteiger partial charge in [0.2, 0.25) is 0 Å². The standard InChI is InChI=1S/C25H26F6N2O3S/c1-23(2,22(34)35)36-20-10-6-17(7-11-20)12-13-33(16-37-15-21(32-3)25(29,30)31)14-18-4-8-19(9-5-18)24(26,27)28/h4-11,15H,3,12-14,16H2,1-2H3,(H,34,35)/b21-15-. The van der Waals surface area contributed by atoms with Crippen LogP contribution in [0.5, 0.6) is 5.75 Å². The Morgan fingerprint density at radius 3 is 2.08 bits per heavy atom. The Hall–Kier alpha value is -2.99. The first-order valence-corrected chi connectivity index (χ1v) is 11.9. The van der Waals surface area contributed by atoms with Crippen LogP contribution in [0.4, 0.5) is 26.3 Å². The number of allylic oxidation sites excluding steroid dienone is 1. The van der Waals surface area contributed by atoms with Crippen LogP contribution in [0, 0.1) is 0 Å². The van der Waals surface area contributed by atoms with E-state index in [4.69, 9.17) is 4.74 Å². The van der Waals surface area contributed by atoms with Crippen molar-refractivity contribution < 1.29 is 41.0 Å². The second-order valence-electron chi connectivity index (χ2n) is 8.51. The first kappa shape index (κ1) is 30.2. The van der Waals surface area contributed by atoms with Crippen molar-refractivity contribution in [3.05, 3.63) is 76.3 Å². The number of thioether (sulfide) groups is 1. The first-order valence-electron chi connectivity index (χ1n) is 10.9. The Labute approximate surface area is 214 Å². The lowest BCUT2D eigenvalue weighted by Gasteiger charge is -2.23. The van der Waals surface area contributed by atoms with Crippen LogP contribution in [0.1, 0.15) is 30.5 Å². The van der Waals surface area contributed by atoms with E-state index >= 15 is 0 Å². The first-order chi connectivity index (χ1) is 17.1. The van der Waals surface area contributed by atoms with Crippen LogP contribution in [0.25, 0.3) is 0 Å². The van der Waals surface area contributed by atoms with E-state index in [1.807, 2.05) is 0 Å². The molecule has 0 saturated heterocycles. The molecule has 0 aliphatic heterocycles. The lowest BCUT2D eigenvalue weighted by atomic mass is 10.1. The number of aliphatic imine (C=N–C) groups is 1. The molecule has 0 aromatic heterocycles. The van der Waals surface area contributed by atoms with Crippen LogP contribution in [-0.2, 0) is 23.9 Å². The van der Waals surface area contributed by atoms with Gasteiger partial charge < -0.3 is 9.84 Å². The molecule has 0 aliphatic carbocycles. The lowest BCUT2D eigenvalue weighted by molar-refractivity contribution is -0.152. The summed E-state index contributed by atoms with van der Waals surface area (Å²) in [7, 11) is 0. The summed E-state index contributed by atoms with van der Waals surface area (Å²) in [5.41, 5.74) is -1.93. The Kier molecular flexibility index (Phi) is 10.2. The molecule has 0 spiro atoms. The molecule has 0 aliphatic rings. The molecule has 5 nitrogen and oxygen atoms in total. The molecule has 0 radical (unpaired) electrons. The van der Waals surface area contributed by atoms with Crippen molar-refractivity contribution in [3.8, 4) is 5.75 Å². The minimum absolute atomic E-state index is 0.115. The smallest absolute Gasteiger partial charge is 0.433 e. The number of alkyl halides is 6. The predicted octanol–water partition coefficient (Wildman–Crippen LogP) is 6.79. The fraction of sp³-hybridized carbons (Fsp3) is 0.360. The molecule has 0 saturated carbocycles. The van der Waals surface area contributed by atoms with E-state index in [9.17, 15) is 36.2 Å². The summed E-state index contributed by atoms with van der Waals surface area (Å²) in [5, 5.41) is 10.0. The minimum atomic E-state index is -4.65. The molecule has 0 heterocycles. The van der Waals surface area contributed by atoms with Gasteiger partial charge in [-0.25, -0.2) is 4.79 Å². The monoisotopic (exact) mass is 548 g/mol. The lowest BCUT2D eigenvalue weighted by Crippen LogP contribution is -2.37. The van der Waals surface area contributed by atoms with E-state index in [-0.39, 0.29) is 12.4 Å².